The van der Waals surface area contributed by atoms with Crippen LogP contribution in [0.15, 0.2) is 30.3 Å². The lowest BCUT2D eigenvalue weighted by Gasteiger charge is -2.27. The van der Waals surface area contributed by atoms with Gasteiger partial charge in [0.15, 0.2) is 0 Å². The number of aliphatic hydroxyl groups is 1. The number of hydrogen-bond donors (Lipinski definition) is 1. The summed E-state index contributed by atoms with van der Waals surface area (Å²) < 4.78 is 6.05. The van der Waals surface area contributed by atoms with Crippen LogP contribution in [-0.2, 0) is 11.3 Å². The van der Waals surface area contributed by atoms with E-state index in [9.17, 15) is 5.11 Å². The Morgan fingerprint density at radius 2 is 1.21 bits per heavy atom. The minimum Gasteiger partial charge on any atom is -0.393 e. The fourth-order valence-corrected chi connectivity index (χ4v) is 5.84. The molecule has 4 aliphatic rings. The predicted molar refractivity (Wildman–Crippen MR) is 145 cm³/mol. The highest BCUT2D eigenvalue weighted by molar-refractivity contribution is 15.0. The number of aliphatic hydroxyl groups excluding tert-OH is 1. The third-order valence-electron chi connectivity index (χ3n) is 7.03. The van der Waals surface area contributed by atoms with Crippen molar-refractivity contribution in [2.45, 2.75) is 83.0 Å². The van der Waals surface area contributed by atoms with E-state index >= 15 is 0 Å². The number of ether oxygens (including phenoxy) is 1. The van der Waals surface area contributed by atoms with Crippen LogP contribution in [0.2, 0.25) is 0 Å². The molecule has 6 atom stereocenters. The molecular formula is C23H35I3O2. The van der Waals surface area contributed by atoms with Gasteiger partial charge in [-0.3, -0.25) is 0 Å². The van der Waals surface area contributed by atoms with E-state index < -0.39 is 0 Å². The van der Waals surface area contributed by atoms with Gasteiger partial charge in [0.1, 0.15) is 0 Å². The average molecular weight is 724 g/mol. The first-order valence-corrected chi connectivity index (χ1v) is 17.0. The summed E-state index contributed by atoms with van der Waals surface area (Å²) in [5, 5.41) is 9.29. The Labute approximate surface area is 211 Å². The summed E-state index contributed by atoms with van der Waals surface area (Å²) in [5.74, 6) is 3.72. The Kier molecular flexibility index (Phi) is 12.5. The molecule has 5 heteroatoms. The molecule has 4 fully saturated rings. The third-order valence-corrected chi connectivity index (χ3v) is 7.03. The summed E-state index contributed by atoms with van der Waals surface area (Å²) in [6.45, 7) is 0.797. The number of halogens is 3. The second kappa shape index (κ2) is 13.7. The lowest BCUT2D eigenvalue weighted by Crippen LogP contribution is -2.23. The molecule has 1 aromatic carbocycles. The van der Waals surface area contributed by atoms with Gasteiger partial charge >= 0.3 is 0 Å². The molecule has 0 aliphatic heterocycles. The Morgan fingerprint density at radius 1 is 0.750 bits per heavy atom. The van der Waals surface area contributed by atoms with Crippen molar-refractivity contribution in [2.24, 2.45) is 23.7 Å². The topological polar surface area (TPSA) is 29.5 Å². The smallest absolute Gasteiger partial charge is 0.0720 e. The van der Waals surface area contributed by atoms with Gasteiger partial charge < -0.3 is 9.84 Å². The predicted octanol–water partition coefficient (Wildman–Crippen LogP) is 7.73. The molecule has 0 aromatic heterocycles. The van der Waals surface area contributed by atoms with E-state index in [1.807, 2.05) is 0 Å². The van der Waals surface area contributed by atoms with E-state index in [4.69, 9.17) is 4.74 Å². The summed E-state index contributed by atoms with van der Waals surface area (Å²) in [6.07, 6.45) is 14.0. The van der Waals surface area contributed by atoms with E-state index in [0.717, 1.165) is 43.1 Å². The molecule has 4 bridgehead atoms. The van der Waals surface area contributed by atoms with Crippen LogP contribution >= 0.6 is 61.2 Å². The Balaban J connectivity index is 0.000000200. The normalized spacial score (nSPS) is 35.0. The molecule has 28 heavy (non-hydrogen) atoms. The summed E-state index contributed by atoms with van der Waals surface area (Å²) in [7, 11) is 0. The van der Waals surface area contributed by atoms with Crippen LogP contribution in [0, 0.1) is 23.7 Å². The molecule has 4 aliphatic carbocycles. The van der Waals surface area contributed by atoms with Crippen molar-refractivity contribution < 1.29 is 9.84 Å². The lowest BCUT2D eigenvalue weighted by atomic mass is 9.87. The van der Waals surface area contributed by atoms with Crippen LogP contribution < -0.4 is 0 Å². The first kappa shape index (κ1) is 25.6. The van der Waals surface area contributed by atoms with Gasteiger partial charge in [-0.25, -0.2) is 0 Å². The Hall–Kier alpha value is 1.33. The summed E-state index contributed by atoms with van der Waals surface area (Å²) in [5.41, 5.74) is 1.31. The highest BCUT2D eigenvalue weighted by atomic mass is 128. The second-order valence-corrected chi connectivity index (χ2v) is 9.11. The van der Waals surface area contributed by atoms with Crippen molar-refractivity contribution in [1.82, 2.24) is 0 Å². The molecule has 2 unspecified atom stereocenters. The Morgan fingerprint density at radius 3 is 1.71 bits per heavy atom. The van der Waals surface area contributed by atoms with E-state index in [1.54, 1.807) is 0 Å². The molecule has 0 spiro atoms. The van der Waals surface area contributed by atoms with Crippen molar-refractivity contribution in [2.75, 3.05) is 0 Å². The molecular weight excluding hydrogens is 689 g/mol. The van der Waals surface area contributed by atoms with Gasteiger partial charge in [0, 0.05) is 37.2 Å². The first-order chi connectivity index (χ1) is 13.2. The largest absolute Gasteiger partial charge is 0.393 e. The number of rotatable bonds is 3. The van der Waals surface area contributed by atoms with Gasteiger partial charge in [0.05, 0.1) is 18.8 Å². The summed E-state index contributed by atoms with van der Waals surface area (Å²) >= 11 is 4.24. The van der Waals surface area contributed by atoms with Gasteiger partial charge in [-0.2, -0.15) is 0 Å². The molecule has 0 saturated heterocycles. The first-order valence-electron chi connectivity index (χ1n) is 10.7. The lowest BCUT2D eigenvalue weighted by molar-refractivity contribution is -0.000884. The van der Waals surface area contributed by atoms with Gasteiger partial charge in [0.25, 0.3) is 0 Å². The zero-order chi connectivity index (χ0) is 19.1. The maximum absolute atomic E-state index is 9.29. The molecule has 0 amide bonds. The van der Waals surface area contributed by atoms with Gasteiger partial charge in [-0.1, -0.05) is 56.0 Å². The highest BCUT2D eigenvalue weighted by Crippen LogP contribution is 2.43. The zero-order valence-corrected chi connectivity index (χ0v) is 23.3. The van der Waals surface area contributed by atoms with Crippen molar-refractivity contribution in [3.8, 4) is 0 Å². The van der Waals surface area contributed by atoms with Crippen molar-refractivity contribution >= 4 is 61.2 Å². The van der Waals surface area contributed by atoms with Crippen molar-refractivity contribution in [1.29, 1.82) is 0 Å². The third kappa shape index (κ3) is 8.11. The minimum atomic E-state index is 0. The molecule has 2 nitrogen and oxygen atoms in total. The van der Waals surface area contributed by atoms with Gasteiger partial charge in [-0.05, 0) is 67.8 Å². The molecule has 1 N–H and O–H groups in total. The van der Waals surface area contributed by atoms with Crippen LogP contribution in [0.4, 0.5) is 0 Å². The quantitative estimate of drug-likeness (QED) is 0.324. The van der Waals surface area contributed by atoms with Crippen LogP contribution in [0.5, 0.6) is 0 Å². The Bertz CT molecular complexity index is 518. The summed E-state index contributed by atoms with van der Waals surface area (Å²) in [6, 6.07) is 10.5. The highest BCUT2D eigenvalue weighted by Gasteiger charge is 2.34. The SMILES string of the molecule is I.II.OC1C[C@H]2CC[C@@H](C1)C2.c1ccc(COC2C[C@H]3CC[C@@H](C2)C3)cc1. The second-order valence-electron chi connectivity index (χ2n) is 9.11. The molecule has 160 valence electrons. The van der Waals surface area contributed by atoms with Gasteiger partial charge in [-0.15, -0.1) is 24.0 Å². The van der Waals surface area contributed by atoms with Crippen molar-refractivity contribution in [3.05, 3.63) is 35.9 Å². The molecule has 5 rings (SSSR count). The number of hydrogen-bond acceptors (Lipinski definition) is 2. The van der Waals surface area contributed by atoms with Crippen LogP contribution in [0.1, 0.15) is 69.8 Å². The monoisotopic (exact) mass is 724 g/mol. The summed E-state index contributed by atoms with van der Waals surface area (Å²) in [4.78, 5) is 0. The van der Waals surface area contributed by atoms with E-state index in [-0.39, 0.29) is 30.1 Å². The molecule has 0 heterocycles. The minimum absolute atomic E-state index is 0. The van der Waals surface area contributed by atoms with Crippen LogP contribution in [0.3, 0.4) is 0 Å². The van der Waals surface area contributed by atoms with E-state index in [2.05, 4.69) is 67.6 Å². The maximum Gasteiger partial charge on any atom is 0.0720 e. The maximum atomic E-state index is 9.29. The molecule has 1 aromatic rings. The van der Waals surface area contributed by atoms with Gasteiger partial charge in [0.2, 0.25) is 0 Å². The fourth-order valence-electron chi connectivity index (χ4n) is 5.84. The average Bonchev–Trinajstić information content (AvgIpc) is 3.23. The van der Waals surface area contributed by atoms with E-state index in [1.165, 1.54) is 56.9 Å². The number of fused-ring (bicyclic) bond motifs is 4. The zero-order valence-electron chi connectivity index (χ0n) is 16.6. The van der Waals surface area contributed by atoms with Crippen LogP contribution in [-0.4, -0.2) is 17.3 Å². The standard InChI is InChI=1S/C15H20O.C8H14O.I2.HI/c1-2-4-12(5-3-1)11-16-15-9-13-6-7-14(8-13)10-15;9-8-4-6-1-2-7(3-6)5-8;1-2;/h1-5,13-15H,6-11H2;6-9H,1-5H2;;1H/t13-,14+,15?;6-,7+,8?;;. The van der Waals surface area contributed by atoms with Crippen molar-refractivity contribution in [3.63, 3.8) is 0 Å². The molecule has 0 radical (unpaired) electrons. The number of benzene rings is 1. The fraction of sp³-hybridized carbons (Fsp3) is 0.739. The van der Waals surface area contributed by atoms with Crippen LogP contribution in [0.25, 0.3) is 0 Å². The molecule has 4 saturated carbocycles. The van der Waals surface area contributed by atoms with E-state index in [0.29, 0.717) is 6.10 Å².